The van der Waals surface area contributed by atoms with Crippen molar-refractivity contribution in [3.63, 3.8) is 0 Å². The van der Waals surface area contributed by atoms with Gasteiger partial charge in [-0.15, -0.1) is 0 Å². The molecule has 4 rings (SSSR count). The first-order valence-electron chi connectivity index (χ1n) is 8.36. The highest BCUT2D eigenvalue weighted by molar-refractivity contribution is 5.84. The van der Waals surface area contributed by atoms with Crippen LogP contribution in [0.15, 0.2) is 11.1 Å². The van der Waals surface area contributed by atoms with E-state index in [1.54, 1.807) is 11.1 Å². The average Bonchev–Trinajstić information content (AvgIpc) is 2.82. The molecular weight excluding hydrogens is 248 g/mol. The number of allylic oxidation sites excluding steroid dienone is 2. The molecule has 108 valence electrons. The molecule has 2 heteroatoms. The van der Waals surface area contributed by atoms with Gasteiger partial charge in [0.1, 0.15) is 11.6 Å². The van der Waals surface area contributed by atoms with Gasteiger partial charge in [-0.1, -0.05) is 18.1 Å². The molecule has 0 aromatic rings. The maximum absolute atomic E-state index is 12.0. The molecule has 0 N–H and O–H groups in total. The quantitative estimate of drug-likeness (QED) is 0.628. The minimum Gasteiger partial charge on any atom is -0.300 e. The number of carbonyl (C=O) groups is 2. The van der Waals surface area contributed by atoms with Crippen molar-refractivity contribution in [3.8, 4) is 0 Å². The lowest BCUT2D eigenvalue weighted by atomic mass is 9.54. The van der Waals surface area contributed by atoms with E-state index in [-0.39, 0.29) is 5.41 Å². The molecule has 2 fully saturated rings. The van der Waals surface area contributed by atoms with E-state index in [1.807, 2.05) is 0 Å². The molecule has 2 saturated carbocycles. The Labute approximate surface area is 121 Å². The highest BCUT2D eigenvalue weighted by atomic mass is 16.1. The average molecular weight is 272 g/mol. The van der Waals surface area contributed by atoms with E-state index in [0.29, 0.717) is 29.3 Å². The van der Waals surface area contributed by atoms with E-state index in [1.165, 1.54) is 6.42 Å². The second-order valence-corrected chi connectivity index (χ2v) is 7.66. The second-order valence-electron chi connectivity index (χ2n) is 7.66. The summed E-state index contributed by atoms with van der Waals surface area (Å²) in [4.78, 5) is 23.8. The molecule has 0 heterocycles. The van der Waals surface area contributed by atoms with Crippen LogP contribution in [-0.2, 0) is 9.59 Å². The zero-order chi connectivity index (χ0) is 13.9. The van der Waals surface area contributed by atoms with Crippen molar-refractivity contribution in [2.45, 2.75) is 64.7 Å². The number of ketones is 2. The van der Waals surface area contributed by atoms with Gasteiger partial charge in [-0.3, -0.25) is 9.59 Å². The summed E-state index contributed by atoms with van der Waals surface area (Å²) in [5, 5.41) is 0. The van der Waals surface area contributed by atoms with Crippen molar-refractivity contribution in [1.29, 1.82) is 0 Å². The van der Waals surface area contributed by atoms with E-state index in [2.05, 4.69) is 6.92 Å². The van der Waals surface area contributed by atoms with Gasteiger partial charge in [0.05, 0.1) is 0 Å². The molecule has 0 spiro atoms. The molecule has 0 unspecified atom stereocenters. The first-order valence-corrected chi connectivity index (χ1v) is 8.36. The highest BCUT2D eigenvalue weighted by Gasteiger charge is 2.50. The number of carbonyl (C=O) groups excluding carboxylic acids is 2. The van der Waals surface area contributed by atoms with E-state index in [0.717, 1.165) is 51.4 Å². The molecule has 0 radical (unpaired) electrons. The maximum atomic E-state index is 12.0. The summed E-state index contributed by atoms with van der Waals surface area (Å²) in [6.45, 7) is 2.41. The molecule has 0 bridgehead atoms. The van der Waals surface area contributed by atoms with Crippen molar-refractivity contribution in [1.82, 2.24) is 0 Å². The van der Waals surface area contributed by atoms with Crippen LogP contribution in [0, 0.1) is 23.2 Å². The van der Waals surface area contributed by atoms with E-state index in [9.17, 15) is 9.59 Å². The summed E-state index contributed by atoms with van der Waals surface area (Å²) >= 11 is 0. The fourth-order valence-corrected chi connectivity index (χ4v) is 5.71. The van der Waals surface area contributed by atoms with Crippen LogP contribution in [0.25, 0.3) is 0 Å². The van der Waals surface area contributed by atoms with Crippen LogP contribution in [0.4, 0.5) is 0 Å². The Balaban J connectivity index is 1.73. The molecule has 0 aliphatic heterocycles. The number of rotatable bonds is 0. The molecule has 0 amide bonds. The number of hydrogen-bond donors (Lipinski definition) is 0. The Kier molecular flexibility index (Phi) is 2.74. The molecule has 0 aromatic carbocycles. The molecule has 0 saturated heterocycles. The predicted octanol–water partition coefficient (Wildman–Crippen LogP) is 3.84. The lowest BCUT2D eigenvalue weighted by molar-refractivity contribution is -0.124. The lowest BCUT2D eigenvalue weighted by Gasteiger charge is -2.50. The first-order chi connectivity index (χ1) is 9.59. The van der Waals surface area contributed by atoms with Gasteiger partial charge in [-0.2, -0.15) is 0 Å². The Bertz CT molecular complexity index is 516. The molecule has 4 aliphatic carbocycles. The van der Waals surface area contributed by atoms with Gasteiger partial charge in [0.2, 0.25) is 0 Å². The zero-order valence-electron chi connectivity index (χ0n) is 12.4. The Morgan fingerprint density at radius 1 is 0.950 bits per heavy atom. The summed E-state index contributed by atoms with van der Waals surface area (Å²) in [6.07, 6.45) is 9.10. The van der Waals surface area contributed by atoms with Crippen LogP contribution >= 0.6 is 0 Å². The largest absolute Gasteiger partial charge is 0.300 e. The van der Waals surface area contributed by atoms with E-state index < -0.39 is 0 Å². The van der Waals surface area contributed by atoms with E-state index >= 15 is 0 Å². The lowest BCUT2D eigenvalue weighted by Crippen LogP contribution is -2.42. The van der Waals surface area contributed by atoms with Crippen LogP contribution < -0.4 is 0 Å². The van der Waals surface area contributed by atoms with Gasteiger partial charge >= 0.3 is 0 Å². The summed E-state index contributed by atoms with van der Waals surface area (Å²) in [7, 11) is 0. The van der Waals surface area contributed by atoms with Gasteiger partial charge < -0.3 is 0 Å². The molecule has 4 aliphatic rings. The topological polar surface area (TPSA) is 34.1 Å². The van der Waals surface area contributed by atoms with Crippen molar-refractivity contribution in [2.24, 2.45) is 23.2 Å². The minimum absolute atomic E-state index is 0.276. The Morgan fingerprint density at radius 3 is 2.60 bits per heavy atom. The van der Waals surface area contributed by atoms with Crippen LogP contribution in [0.3, 0.4) is 0 Å². The monoisotopic (exact) mass is 272 g/mol. The van der Waals surface area contributed by atoms with Gasteiger partial charge in [0.15, 0.2) is 0 Å². The normalized spacial score (nSPS) is 44.1. The summed E-state index contributed by atoms with van der Waals surface area (Å²) in [5.74, 6) is 2.49. The standard InChI is InChI=1S/C18H24O2/c1-18-9-8-12(19)10-11(18)2-3-14-13-5-7-17(20)15(13)4-6-16(14)18/h11,13,15H,2-10H2,1H3/t11-,13+,15-,18-/m0/s1. The van der Waals surface area contributed by atoms with Crippen LogP contribution in [-0.4, -0.2) is 11.6 Å². The van der Waals surface area contributed by atoms with Crippen molar-refractivity contribution >= 4 is 11.6 Å². The third-order valence-electron chi connectivity index (χ3n) is 6.89. The van der Waals surface area contributed by atoms with Crippen LogP contribution in [0.2, 0.25) is 0 Å². The third kappa shape index (κ3) is 1.63. The molecule has 20 heavy (non-hydrogen) atoms. The fraction of sp³-hybridized carbons (Fsp3) is 0.778. The van der Waals surface area contributed by atoms with Crippen LogP contribution in [0.1, 0.15) is 64.7 Å². The van der Waals surface area contributed by atoms with Crippen LogP contribution in [0.5, 0.6) is 0 Å². The summed E-state index contributed by atoms with van der Waals surface area (Å²) in [5.41, 5.74) is 3.61. The zero-order valence-corrected chi connectivity index (χ0v) is 12.4. The second kappa shape index (κ2) is 4.29. The minimum atomic E-state index is 0.276. The maximum Gasteiger partial charge on any atom is 0.136 e. The van der Waals surface area contributed by atoms with Crippen molar-refractivity contribution in [2.75, 3.05) is 0 Å². The van der Waals surface area contributed by atoms with E-state index in [4.69, 9.17) is 0 Å². The van der Waals surface area contributed by atoms with Gasteiger partial charge in [-0.25, -0.2) is 0 Å². The Hall–Kier alpha value is -0.920. The summed E-state index contributed by atoms with van der Waals surface area (Å²) in [6, 6.07) is 0. The molecular formula is C18H24O2. The third-order valence-corrected chi connectivity index (χ3v) is 6.89. The van der Waals surface area contributed by atoms with Gasteiger partial charge in [-0.05, 0) is 55.8 Å². The van der Waals surface area contributed by atoms with Crippen molar-refractivity contribution < 1.29 is 9.59 Å². The summed E-state index contributed by atoms with van der Waals surface area (Å²) < 4.78 is 0. The molecule has 0 aromatic heterocycles. The number of fused-ring (bicyclic) bond motifs is 4. The van der Waals surface area contributed by atoms with Gasteiger partial charge in [0.25, 0.3) is 0 Å². The fourth-order valence-electron chi connectivity index (χ4n) is 5.71. The number of Topliss-reactive ketones (excluding diaryl/α,β-unsaturated/α-hetero) is 2. The SMILES string of the molecule is C[C@]12CCC(=O)C[C@@H]1CCC1=C2CC[C@@H]2C(=O)CC[C@H]12. The highest BCUT2D eigenvalue weighted by Crippen LogP contribution is 2.59. The van der Waals surface area contributed by atoms with Crippen molar-refractivity contribution in [3.05, 3.63) is 11.1 Å². The smallest absolute Gasteiger partial charge is 0.136 e. The number of hydrogen-bond acceptors (Lipinski definition) is 2. The van der Waals surface area contributed by atoms with Gasteiger partial charge in [0, 0.05) is 25.2 Å². The molecule has 4 atom stereocenters. The first kappa shape index (κ1) is 12.8. The predicted molar refractivity (Wildman–Crippen MR) is 77.2 cm³/mol. The molecule has 2 nitrogen and oxygen atoms in total. The Morgan fingerprint density at radius 2 is 1.75 bits per heavy atom.